The summed E-state index contributed by atoms with van der Waals surface area (Å²) < 4.78 is 4.70. The molecule has 0 fully saturated rings. The van der Waals surface area contributed by atoms with Crippen molar-refractivity contribution in [1.29, 1.82) is 0 Å². The number of benzene rings is 1. The predicted molar refractivity (Wildman–Crippen MR) is 62.3 cm³/mol. The minimum absolute atomic E-state index is 0.172. The molecule has 0 amide bonds. The Balaban J connectivity index is 2.91. The van der Waals surface area contributed by atoms with Gasteiger partial charge in [-0.05, 0) is 24.0 Å². The first kappa shape index (κ1) is 12.7. The molecule has 0 spiro atoms. The number of methoxy groups -OCH3 is 1. The lowest BCUT2D eigenvalue weighted by molar-refractivity contribution is 0.0597. The van der Waals surface area contributed by atoms with Gasteiger partial charge in [-0.3, -0.25) is 0 Å². The van der Waals surface area contributed by atoms with Crippen LogP contribution >= 0.6 is 0 Å². The molecule has 3 heteroatoms. The molecule has 0 aliphatic carbocycles. The molecule has 3 nitrogen and oxygen atoms in total. The summed E-state index contributed by atoms with van der Waals surface area (Å²) in [5.41, 5.74) is 1.36. The van der Waals surface area contributed by atoms with E-state index in [1.54, 1.807) is 12.1 Å². The van der Waals surface area contributed by atoms with Crippen LogP contribution in [-0.4, -0.2) is 24.3 Å². The zero-order chi connectivity index (χ0) is 12.1. The van der Waals surface area contributed by atoms with E-state index >= 15 is 0 Å². The highest BCUT2D eigenvalue weighted by molar-refractivity contribution is 5.90. The van der Waals surface area contributed by atoms with Gasteiger partial charge < -0.3 is 9.84 Å². The molecule has 1 aromatic rings. The molecule has 0 aromatic heterocycles. The zero-order valence-electron chi connectivity index (χ0n) is 9.93. The first-order valence-corrected chi connectivity index (χ1v) is 5.40. The normalized spacial score (nSPS) is 12.6. The highest BCUT2D eigenvalue weighted by Gasteiger charge is 2.16. The van der Waals surface area contributed by atoms with Crippen LogP contribution in [0.3, 0.4) is 0 Å². The van der Waals surface area contributed by atoms with E-state index in [0.29, 0.717) is 12.0 Å². The van der Waals surface area contributed by atoms with E-state index in [4.69, 9.17) is 4.74 Å². The van der Waals surface area contributed by atoms with E-state index in [9.17, 15) is 9.90 Å². The van der Waals surface area contributed by atoms with Gasteiger partial charge in [-0.1, -0.05) is 32.0 Å². The van der Waals surface area contributed by atoms with Gasteiger partial charge in [0.2, 0.25) is 0 Å². The summed E-state index contributed by atoms with van der Waals surface area (Å²) in [5, 5.41) is 9.81. The summed E-state index contributed by atoms with van der Waals surface area (Å²) in [4.78, 5) is 11.5. The summed E-state index contributed by atoms with van der Waals surface area (Å²) in [5.74, 6) is -0.183. The molecule has 88 valence electrons. The van der Waals surface area contributed by atoms with Crippen LogP contribution in [-0.2, 0) is 11.2 Å². The first-order valence-electron chi connectivity index (χ1n) is 5.40. The molecule has 1 atom stereocenters. The fourth-order valence-electron chi connectivity index (χ4n) is 1.47. The minimum atomic E-state index is -0.439. The number of hydrogen-bond donors (Lipinski definition) is 1. The highest BCUT2D eigenvalue weighted by Crippen LogP contribution is 2.15. The van der Waals surface area contributed by atoms with Gasteiger partial charge in [0, 0.05) is 0 Å². The van der Waals surface area contributed by atoms with Crippen LogP contribution < -0.4 is 0 Å². The minimum Gasteiger partial charge on any atom is -0.465 e. The molecule has 0 saturated carbocycles. The smallest absolute Gasteiger partial charge is 0.338 e. The molecule has 0 heterocycles. The predicted octanol–water partition coefficient (Wildman–Crippen LogP) is 2.03. The van der Waals surface area contributed by atoms with Gasteiger partial charge in [-0.25, -0.2) is 4.79 Å². The topological polar surface area (TPSA) is 46.5 Å². The number of carbonyl (C=O) groups is 1. The van der Waals surface area contributed by atoms with Crippen LogP contribution in [0.5, 0.6) is 0 Å². The third-order valence-electron chi connectivity index (χ3n) is 2.62. The van der Waals surface area contributed by atoms with Gasteiger partial charge >= 0.3 is 5.97 Å². The second-order valence-corrected chi connectivity index (χ2v) is 4.16. The quantitative estimate of drug-likeness (QED) is 0.793. The molecule has 0 aliphatic rings. The summed E-state index contributed by atoms with van der Waals surface area (Å²) in [7, 11) is 1.36. The third kappa shape index (κ3) is 3.07. The highest BCUT2D eigenvalue weighted by atomic mass is 16.5. The monoisotopic (exact) mass is 222 g/mol. The van der Waals surface area contributed by atoms with Gasteiger partial charge in [0.05, 0.1) is 18.8 Å². The van der Waals surface area contributed by atoms with Crippen molar-refractivity contribution < 1.29 is 14.6 Å². The number of ether oxygens (including phenoxy) is 1. The zero-order valence-corrected chi connectivity index (χ0v) is 9.93. The molecule has 16 heavy (non-hydrogen) atoms. The second kappa shape index (κ2) is 5.66. The number of rotatable bonds is 4. The van der Waals surface area contributed by atoms with Crippen LogP contribution in [0.4, 0.5) is 0 Å². The van der Waals surface area contributed by atoms with Crippen LogP contribution in [0.1, 0.15) is 29.8 Å². The van der Waals surface area contributed by atoms with Crippen molar-refractivity contribution in [3.05, 3.63) is 35.4 Å². The Morgan fingerprint density at radius 2 is 2.00 bits per heavy atom. The molecular weight excluding hydrogens is 204 g/mol. The lowest BCUT2D eigenvalue weighted by Crippen LogP contribution is -2.19. The van der Waals surface area contributed by atoms with E-state index in [1.165, 1.54) is 7.11 Å². The van der Waals surface area contributed by atoms with E-state index in [1.807, 2.05) is 26.0 Å². The van der Waals surface area contributed by atoms with Crippen molar-refractivity contribution in [1.82, 2.24) is 0 Å². The third-order valence-corrected chi connectivity index (χ3v) is 2.62. The average Bonchev–Trinajstić information content (AvgIpc) is 2.28. The van der Waals surface area contributed by atoms with E-state index in [2.05, 4.69) is 0 Å². The van der Waals surface area contributed by atoms with Gasteiger partial charge in [0.25, 0.3) is 0 Å². The Labute approximate surface area is 96.1 Å². The molecule has 1 unspecified atom stereocenters. The van der Waals surface area contributed by atoms with E-state index in [0.717, 1.165) is 5.56 Å². The SMILES string of the molecule is COC(=O)c1ccccc1CC(O)C(C)C. The second-order valence-electron chi connectivity index (χ2n) is 4.16. The van der Waals surface area contributed by atoms with Crippen LogP contribution in [0, 0.1) is 5.92 Å². The van der Waals surface area contributed by atoms with Crippen LogP contribution in [0.25, 0.3) is 0 Å². The maximum Gasteiger partial charge on any atom is 0.338 e. The van der Waals surface area contributed by atoms with Crippen LogP contribution in [0.2, 0.25) is 0 Å². The van der Waals surface area contributed by atoms with Crippen molar-refractivity contribution >= 4 is 5.97 Å². The van der Waals surface area contributed by atoms with Crippen molar-refractivity contribution in [2.24, 2.45) is 5.92 Å². The van der Waals surface area contributed by atoms with Gasteiger partial charge in [-0.2, -0.15) is 0 Å². The molecule has 1 N–H and O–H groups in total. The van der Waals surface area contributed by atoms with Gasteiger partial charge in [0.15, 0.2) is 0 Å². The fourth-order valence-corrected chi connectivity index (χ4v) is 1.47. The van der Waals surface area contributed by atoms with Crippen molar-refractivity contribution in [3.8, 4) is 0 Å². The Morgan fingerprint density at radius 1 is 1.38 bits per heavy atom. The number of aliphatic hydroxyl groups excluding tert-OH is 1. The van der Waals surface area contributed by atoms with Crippen LogP contribution in [0.15, 0.2) is 24.3 Å². The Hall–Kier alpha value is -1.35. The lowest BCUT2D eigenvalue weighted by Gasteiger charge is -2.16. The van der Waals surface area contributed by atoms with Crippen molar-refractivity contribution in [2.45, 2.75) is 26.4 Å². The Morgan fingerprint density at radius 3 is 2.56 bits per heavy atom. The van der Waals surface area contributed by atoms with Crippen molar-refractivity contribution in [3.63, 3.8) is 0 Å². The molecule has 0 aliphatic heterocycles. The number of esters is 1. The number of carbonyl (C=O) groups excluding carboxylic acids is 1. The van der Waals surface area contributed by atoms with Gasteiger partial charge in [0.1, 0.15) is 0 Å². The summed E-state index contributed by atoms with van der Waals surface area (Å²) in [6.07, 6.45) is 0.0361. The average molecular weight is 222 g/mol. The molecule has 1 rings (SSSR count). The maximum absolute atomic E-state index is 11.5. The molecule has 1 aromatic carbocycles. The fraction of sp³-hybridized carbons (Fsp3) is 0.462. The van der Waals surface area contributed by atoms with Crippen molar-refractivity contribution in [2.75, 3.05) is 7.11 Å². The van der Waals surface area contributed by atoms with Gasteiger partial charge in [-0.15, -0.1) is 0 Å². The number of aliphatic hydroxyl groups is 1. The Bertz CT molecular complexity index is 358. The summed E-state index contributed by atoms with van der Waals surface area (Å²) in [6, 6.07) is 7.21. The number of hydrogen-bond acceptors (Lipinski definition) is 3. The molecular formula is C13H18O3. The standard InChI is InChI=1S/C13H18O3/c1-9(2)12(14)8-10-6-4-5-7-11(10)13(15)16-3/h4-7,9,12,14H,8H2,1-3H3. The summed E-state index contributed by atoms with van der Waals surface area (Å²) in [6.45, 7) is 3.90. The molecule has 0 radical (unpaired) electrons. The summed E-state index contributed by atoms with van der Waals surface area (Å²) >= 11 is 0. The molecule has 0 bridgehead atoms. The maximum atomic E-state index is 11.5. The largest absolute Gasteiger partial charge is 0.465 e. The first-order chi connectivity index (χ1) is 7.56. The molecule has 0 saturated heterocycles. The van der Waals surface area contributed by atoms with E-state index < -0.39 is 6.10 Å². The Kier molecular flexibility index (Phi) is 4.50. The van der Waals surface area contributed by atoms with E-state index in [-0.39, 0.29) is 11.9 Å². The lowest BCUT2D eigenvalue weighted by atomic mass is 9.96.